The Kier molecular flexibility index (Phi) is 5.71. The van der Waals surface area contributed by atoms with E-state index in [1.807, 2.05) is 0 Å². The first kappa shape index (κ1) is 21.9. The maximum Gasteiger partial charge on any atom is 0.313 e. The van der Waals surface area contributed by atoms with Crippen LogP contribution in [-0.4, -0.2) is 27.7 Å². The normalized spacial score (nSPS) is 15.3. The summed E-state index contributed by atoms with van der Waals surface area (Å²) in [6.07, 6.45) is 3.28. The highest BCUT2D eigenvalue weighted by Crippen LogP contribution is 2.38. The molecule has 0 aliphatic heterocycles. The monoisotopic (exact) mass is 445 g/mol. The largest absolute Gasteiger partial charge is 0.505 e. The molecule has 1 heterocycles. The molecule has 168 valence electrons. The van der Waals surface area contributed by atoms with Gasteiger partial charge in [0, 0.05) is 16.6 Å². The van der Waals surface area contributed by atoms with Crippen molar-refractivity contribution in [3.63, 3.8) is 0 Å². The molecule has 5 nitrogen and oxygen atoms in total. The number of hydrogen-bond donors (Lipinski definition) is 1. The zero-order valence-corrected chi connectivity index (χ0v) is 17.6. The standard InChI is InChI=1S/C24H22F3NO4/c1-12(24(31)32-15-5-3-4-6-15)20-13(2)28(18-9-10-19(29)22(27)21(18)20)23(30)14-7-8-16(25)17(26)11-14/h7-12,15,29H,3-6H2,1-2H3. The van der Waals surface area contributed by atoms with Gasteiger partial charge in [-0.3, -0.25) is 14.2 Å². The first-order valence-corrected chi connectivity index (χ1v) is 10.4. The zero-order chi connectivity index (χ0) is 23.2. The van der Waals surface area contributed by atoms with Gasteiger partial charge in [-0.2, -0.15) is 0 Å². The third kappa shape index (κ3) is 3.63. The highest BCUT2D eigenvalue weighted by Gasteiger charge is 2.32. The van der Waals surface area contributed by atoms with Gasteiger partial charge in [0.15, 0.2) is 23.2 Å². The van der Waals surface area contributed by atoms with Crippen molar-refractivity contribution >= 4 is 22.8 Å². The summed E-state index contributed by atoms with van der Waals surface area (Å²) in [5.74, 6) is -6.10. The molecule has 0 bridgehead atoms. The maximum atomic E-state index is 15.0. The smallest absolute Gasteiger partial charge is 0.313 e. The van der Waals surface area contributed by atoms with E-state index in [0.29, 0.717) is 0 Å². The number of carbonyl (C=O) groups excluding carboxylic acids is 2. The molecule has 1 saturated carbocycles. The second-order valence-electron chi connectivity index (χ2n) is 8.13. The van der Waals surface area contributed by atoms with Gasteiger partial charge < -0.3 is 9.84 Å². The quantitative estimate of drug-likeness (QED) is 0.550. The van der Waals surface area contributed by atoms with Gasteiger partial charge in [-0.25, -0.2) is 13.2 Å². The summed E-state index contributed by atoms with van der Waals surface area (Å²) in [6, 6.07) is 5.16. The lowest BCUT2D eigenvalue weighted by molar-refractivity contribution is -0.150. The van der Waals surface area contributed by atoms with Gasteiger partial charge in [-0.15, -0.1) is 0 Å². The number of esters is 1. The zero-order valence-electron chi connectivity index (χ0n) is 17.6. The Bertz CT molecular complexity index is 1230. The molecule has 1 atom stereocenters. The van der Waals surface area contributed by atoms with Crippen LogP contribution in [0.4, 0.5) is 13.2 Å². The van der Waals surface area contributed by atoms with Crippen molar-refractivity contribution in [2.24, 2.45) is 0 Å². The van der Waals surface area contributed by atoms with Crippen LogP contribution in [0.15, 0.2) is 30.3 Å². The van der Waals surface area contributed by atoms with Crippen molar-refractivity contribution < 1.29 is 32.6 Å². The van der Waals surface area contributed by atoms with Gasteiger partial charge in [-0.05, 0) is 75.4 Å². The Morgan fingerprint density at radius 2 is 1.78 bits per heavy atom. The molecule has 1 aliphatic carbocycles. The van der Waals surface area contributed by atoms with Crippen LogP contribution < -0.4 is 0 Å². The van der Waals surface area contributed by atoms with Gasteiger partial charge in [0.25, 0.3) is 5.91 Å². The average Bonchev–Trinajstić information content (AvgIpc) is 3.37. The lowest BCUT2D eigenvalue weighted by Crippen LogP contribution is -2.21. The van der Waals surface area contributed by atoms with Crippen LogP contribution in [0.5, 0.6) is 5.75 Å². The van der Waals surface area contributed by atoms with E-state index in [1.165, 1.54) is 13.0 Å². The fourth-order valence-electron chi connectivity index (χ4n) is 4.42. The Morgan fingerprint density at radius 1 is 1.09 bits per heavy atom. The van der Waals surface area contributed by atoms with Crippen LogP contribution in [0.25, 0.3) is 10.9 Å². The van der Waals surface area contributed by atoms with Crippen molar-refractivity contribution in [3.05, 3.63) is 64.6 Å². The van der Waals surface area contributed by atoms with E-state index in [-0.39, 0.29) is 33.8 Å². The van der Waals surface area contributed by atoms with E-state index in [1.54, 1.807) is 6.92 Å². The average molecular weight is 445 g/mol. The first-order chi connectivity index (χ1) is 15.2. The van der Waals surface area contributed by atoms with E-state index < -0.39 is 41.0 Å². The third-order valence-corrected chi connectivity index (χ3v) is 6.08. The van der Waals surface area contributed by atoms with Crippen molar-refractivity contribution in [1.29, 1.82) is 0 Å². The minimum Gasteiger partial charge on any atom is -0.505 e. The molecule has 0 spiro atoms. The minimum absolute atomic E-state index is 0.0886. The predicted octanol–water partition coefficient (Wildman–Crippen LogP) is 5.35. The second kappa shape index (κ2) is 8.33. The topological polar surface area (TPSA) is 68.5 Å². The lowest BCUT2D eigenvalue weighted by atomic mass is 9.97. The van der Waals surface area contributed by atoms with E-state index >= 15 is 4.39 Å². The van der Waals surface area contributed by atoms with E-state index in [4.69, 9.17) is 4.74 Å². The number of fused-ring (bicyclic) bond motifs is 1. The van der Waals surface area contributed by atoms with Crippen molar-refractivity contribution in [1.82, 2.24) is 4.57 Å². The number of halogens is 3. The molecule has 1 N–H and O–H groups in total. The summed E-state index contributed by atoms with van der Waals surface area (Å²) in [5.41, 5.74) is 0.399. The van der Waals surface area contributed by atoms with Gasteiger partial charge in [-0.1, -0.05) is 0 Å². The summed E-state index contributed by atoms with van der Waals surface area (Å²) < 4.78 is 48.8. The Hall–Kier alpha value is -3.29. The summed E-state index contributed by atoms with van der Waals surface area (Å²) in [6.45, 7) is 3.08. The third-order valence-electron chi connectivity index (χ3n) is 6.08. The van der Waals surface area contributed by atoms with Crippen LogP contribution >= 0.6 is 0 Å². The molecule has 1 fully saturated rings. The molecule has 1 aromatic heterocycles. The Morgan fingerprint density at radius 3 is 2.44 bits per heavy atom. The number of aromatic nitrogens is 1. The number of carbonyl (C=O) groups is 2. The van der Waals surface area contributed by atoms with Crippen LogP contribution in [0.1, 0.15) is 60.1 Å². The summed E-state index contributed by atoms with van der Waals surface area (Å²) in [4.78, 5) is 26.0. The number of phenols is 1. The van der Waals surface area contributed by atoms with Gasteiger partial charge >= 0.3 is 5.97 Å². The number of aromatic hydroxyl groups is 1. The van der Waals surface area contributed by atoms with E-state index in [9.17, 15) is 23.5 Å². The fourth-order valence-corrected chi connectivity index (χ4v) is 4.42. The Balaban J connectivity index is 1.85. The molecule has 0 amide bonds. The Labute approximate surface area is 182 Å². The van der Waals surface area contributed by atoms with Crippen molar-refractivity contribution in [2.75, 3.05) is 0 Å². The first-order valence-electron chi connectivity index (χ1n) is 10.4. The molecule has 8 heteroatoms. The van der Waals surface area contributed by atoms with Gasteiger partial charge in [0.2, 0.25) is 0 Å². The molecule has 1 aliphatic rings. The van der Waals surface area contributed by atoms with Crippen LogP contribution in [0, 0.1) is 24.4 Å². The molecule has 1 unspecified atom stereocenters. The second-order valence-corrected chi connectivity index (χ2v) is 8.13. The lowest BCUT2D eigenvalue weighted by Gasteiger charge is -2.17. The molecule has 0 saturated heterocycles. The molecule has 2 aromatic carbocycles. The molecule has 32 heavy (non-hydrogen) atoms. The minimum atomic E-state index is -1.19. The molecule has 4 rings (SSSR count). The van der Waals surface area contributed by atoms with Gasteiger partial charge in [0.05, 0.1) is 11.4 Å². The summed E-state index contributed by atoms with van der Waals surface area (Å²) in [5, 5.41) is 9.85. The van der Waals surface area contributed by atoms with Crippen LogP contribution in [-0.2, 0) is 9.53 Å². The SMILES string of the molecule is Cc1c(C(C)C(=O)OC2CCCC2)c2c(F)c(O)ccc2n1C(=O)c1ccc(F)c(F)c1. The number of benzene rings is 2. The van der Waals surface area contributed by atoms with Crippen molar-refractivity contribution in [3.8, 4) is 5.75 Å². The summed E-state index contributed by atoms with van der Waals surface area (Å²) >= 11 is 0. The molecular formula is C24H22F3NO4. The van der Waals surface area contributed by atoms with Crippen molar-refractivity contribution in [2.45, 2.75) is 51.6 Å². The molecule has 0 radical (unpaired) electrons. The number of nitrogens with zero attached hydrogens (tertiary/aromatic N) is 1. The maximum absolute atomic E-state index is 15.0. The van der Waals surface area contributed by atoms with E-state index in [0.717, 1.165) is 54.5 Å². The summed E-state index contributed by atoms with van der Waals surface area (Å²) in [7, 11) is 0. The highest BCUT2D eigenvalue weighted by molar-refractivity contribution is 6.05. The fraction of sp³-hybridized carbons (Fsp3) is 0.333. The number of hydrogen-bond acceptors (Lipinski definition) is 4. The van der Waals surface area contributed by atoms with Crippen LogP contribution in [0.2, 0.25) is 0 Å². The number of phenolic OH excluding ortho intramolecular Hbond substituents is 1. The predicted molar refractivity (Wildman–Crippen MR) is 111 cm³/mol. The highest BCUT2D eigenvalue weighted by atomic mass is 19.2. The molecular weight excluding hydrogens is 423 g/mol. The molecule has 3 aromatic rings. The number of rotatable bonds is 4. The van der Waals surface area contributed by atoms with E-state index in [2.05, 4.69) is 0 Å². The van der Waals surface area contributed by atoms with Crippen LogP contribution in [0.3, 0.4) is 0 Å². The van der Waals surface area contributed by atoms with Gasteiger partial charge in [0.1, 0.15) is 6.10 Å². The number of ether oxygens (including phenoxy) is 1.